The molecule has 2 amide bonds. The molecule has 8 heteroatoms. The fourth-order valence-electron chi connectivity index (χ4n) is 6.00. The van der Waals surface area contributed by atoms with Crippen molar-refractivity contribution in [3.8, 4) is 0 Å². The molecule has 2 N–H and O–H groups in total. The summed E-state index contributed by atoms with van der Waals surface area (Å²) in [6.07, 6.45) is 7.93. The van der Waals surface area contributed by atoms with Crippen LogP contribution in [0.3, 0.4) is 0 Å². The maximum atomic E-state index is 12.8. The zero-order valence-electron chi connectivity index (χ0n) is 19.7. The van der Waals surface area contributed by atoms with Crippen LogP contribution in [0.5, 0.6) is 0 Å². The highest BCUT2D eigenvalue weighted by atomic mass is 16.6. The molecule has 0 bridgehead atoms. The Bertz CT molecular complexity index is 726. The normalized spacial score (nSPS) is 30.1. The van der Waals surface area contributed by atoms with Crippen LogP contribution >= 0.6 is 0 Å². The number of nitrogens with zero attached hydrogens (tertiary/aromatic N) is 2. The number of carboxylic acid groups (broad SMARTS) is 1. The molecule has 0 aromatic heterocycles. The summed E-state index contributed by atoms with van der Waals surface area (Å²) < 4.78 is 5.54. The summed E-state index contributed by atoms with van der Waals surface area (Å²) in [5, 5.41) is 13.1. The number of likely N-dealkylation sites (tertiary alicyclic amines) is 2. The van der Waals surface area contributed by atoms with E-state index < -0.39 is 23.6 Å². The molecule has 2 aliphatic carbocycles. The highest BCUT2D eigenvalue weighted by molar-refractivity contribution is 5.83. The summed E-state index contributed by atoms with van der Waals surface area (Å²) in [5.41, 5.74) is -0.566. The Morgan fingerprint density at radius 1 is 1.06 bits per heavy atom. The third-order valence-electron chi connectivity index (χ3n) is 7.61. The van der Waals surface area contributed by atoms with Crippen LogP contribution in [0.25, 0.3) is 0 Å². The first-order valence-corrected chi connectivity index (χ1v) is 12.4. The van der Waals surface area contributed by atoms with Crippen LogP contribution in [0.4, 0.5) is 4.79 Å². The molecule has 4 fully saturated rings. The van der Waals surface area contributed by atoms with E-state index in [4.69, 9.17) is 4.74 Å². The number of fused-ring (bicyclic) bond motifs is 1. The van der Waals surface area contributed by atoms with Gasteiger partial charge >= 0.3 is 12.1 Å². The van der Waals surface area contributed by atoms with Gasteiger partial charge in [-0.25, -0.2) is 4.79 Å². The van der Waals surface area contributed by atoms with Crippen LogP contribution in [0.15, 0.2) is 0 Å². The molecule has 2 aliphatic heterocycles. The predicted molar refractivity (Wildman–Crippen MR) is 119 cm³/mol. The van der Waals surface area contributed by atoms with Crippen molar-refractivity contribution in [2.75, 3.05) is 19.6 Å². The van der Waals surface area contributed by atoms with Crippen molar-refractivity contribution in [1.82, 2.24) is 15.1 Å². The summed E-state index contributed by atoms with van der Waals surface area (Å²) in [6, 6.07) is -0.286. The van der Waals surface area contributed by atoms with Crippen molar-refractivity contribution in [2.45, 2.75) is 95.9 Å². The van der Waals surface area contributed by atoms with Crippen LogP contribution in [0.2, 0.25) is 0 Å². The first-order chi connectivity index (χ1) is 15.1. The van der Waals surface area contributed by atoms with Gasteiger partial charge in [-0.05, 0) is 58.8 Å². The Labute approximate surface area is 191 Å². The lowest BCUT2D eigenvalue weighted by atomic mass is 9.83. The Hall–Kier alpha value is -1.83. The van der Waals surface area contributed by atoms with Gasteiger partial charge in [0.15, 0.2) is 0 Å². The Morgan fingerprint density at radius 3 is 2.34 bits per heavy atom. The number of ether oxygens (including phenoxy) is 1. The average Bonchev–Trinajstić information content (AvgIpc) is 3.38. The molecule has 0 spiro atoms. The van der Waals surface area contributed by atoms with Gasteiger partial charge in [-0.3, -0.25) is 14.5 Å². The highest BCUT2D eigenvalue weighted by Crippen LogP contribution is 2.41. The lowest BCUT2D eigenvalue weighted by molar-refractivity contribution is -0.143. The zero-order valence-corrected chi connectivity index (χ0v) is 19.7. The van der Waals surface area contributed by atoms with Crippen molar-refractivity contribution in [1.29, 1.82) is 0 Å². The molecule has 32 heavy (non-hydrogen) atoms. The zero-order chi connectivity index (χ0) is 23.0. The van der Waals surface area contributed by atoms with E-state index >= 15 is 0 Å². The second kappa shape index (κ2) is 9.20. The summed E-state index contributed by atoms with van der Waals surface area (Å²) in [7, 11) is 0. The fraction of sp³-hybridized carbons (Fsp3) is 0.875. The summed E-state index contributed by atoms with van der Waals surface area (Å²) in [5.74, 6) is -0.794. The van der Waals surface area contributed by atoms with Gasteiger partial charge in [0.2, 0.25) is 5.91 Å². The van der Waals surface area contributed by atoms with Crippen LogP contribution < -0.4 is 5.32 Å². The average molecular weight is 450 g/mol. The van der Waals surface area contributed by atoms with Gasteiger partial charge in [0.1, 0.15) is 5.60 Å². The third kappa shape index (κ3) is 5.21. The van der Waals surface area contributed by atoms with Gasteiger partial charge in [0, 0.05) is 43.7 Å². The molecule has 2 saturated heterocycles. The van der Waals surface area contributed by atoms with Gasteiger partial charge in [0.05, 0.1) is 5.92 Å². The van der Waals surface area contributed by atoms with Crippen LogP contribution in [-0.4, -0.2) is 76.2 Å². The van der Waals surface area contributed by atoms with E-state index in [9.17, 15) is 19.5 Å². The molecular formula is C24H39N3O5. The largest absolute Gasteiger partial charge is 0.481 e. The number of carbonyl (C=O) groups is 3. The first-order valence-electron chi connectivity index (χ1n) is 12.4. The number of carbonyl (C=O) groups excluding carboxylic acids is 2. The van der Waals surface area contributed by atoms with Crippen molar-refractivity contribution in [3.63, 3.8) is 0 Å². The molecule has 0 radical (unpaired) electrons. The van der Waals surface area contributed by atoms with Gasteiger partial charge in [-0.15, -0.1) is 0 Å². The second-order valence-corrected chi connectivity index (χ2v) is 11.2. The van der Waals surface area contributed by atoms with E-state index in [-0.39, 0.29) is 30.0 Å². The number of rotatable bonds is 6. The number of alkyl carbamates (subject to hydrolysis) is 1. The molecule has 0 aromatic rings. The quantitative estimate of drug-likeness (QED) is 0.647. The second-order valence-electron chi connectivity index (χ2n) is 11.2. The SMILES string of the molecule is CC(C)(C)OC(=O)N[C@H](CN1CC[C@@H]2[C@H]1[C@@H](C(=O)O)CN2C(=O)C1CC1)C1CCCCC1. The lowest BCUT2D eigenvalue weighted by Gasteiger charge is -2.36. The van der Waals surface area contributed by atoms with Gasteiger partial charge in [-0.1, -0.05) is 19.3 Å². The minimum absolute atomic E-state index is 0.0299. The number of amides is 2. The molecule has 8 nitrogen and oxygen atoms in total. The van der Waals surface area contributed by atoms with E-state index in [0.717, 1.165) is 51.5 Å². The lowest BCUT2D eigenvalue weighted by Crippen LogP contribution is -2.52. The standard InChI is InChI=1S/C24H39N3O5/c1-24(2,3)32-23(31)25-18(15-7-5-4-6-8-15)14-26-12-11-19-20(26)17(22(29)30)13-27(19)21(28)16-9-10-16/h15-20H,4-14H2,1-3H3,(H,25,31)(H,29,30)/t17-,18+,19+,20+/m0/s1. The van der Waals surface area contributed by atoms with Gasteiger partial charge in [-0.2, -0.15) is 0 Å². The topological polar surface area (TPSA) is 99.2 Å². The van der Waals surface area contributed by atoms with Crippen molar-refractivity contribution < 1.29 is 24.2 Å². The Kier molecular flexibility index (Phi) is 6.71. The van der Waals surface area contributed by atoms with E-state index in [0.29, 0.717) is 19.0 Å². The monoisotopic (exact) mass is 449 g/mol. The van der Waals surface area contributed by atoms with Crippen molar-refractivity contribution in [2.24, 2.45) is 17.8 Å². The minimum atomic E-state index is -0.827. The maximum absolute atomic E-state index is 12.8. The summed E-state index contributed by atoms with van der Waals surface area (Å²) in [4.78, 5) is 41.6. The van der Waals surface area contributed by atoms with E-state index in [2.05, 4.69) is 10.2 Å². The maximum Gasteiger partial charge on any atom is 0.407 e. The molecule has 180 valence electrons. The Morgan fingerprint density at radius 2 is 1.75 bits per heavy atom. The molecular weight excluding hydrogens is 410 g/mol. The van der Waals surface area contributed by atoms with Gasteiger partial charge < -0.3 is 20.1 Å². The fourth-order valence-corrected chi connectivity index (χ4v) is 6.00. The molecule has 0 unspecified atom stereocenters. The van der Waals surface area contributed by atoms with E-state index in [1.165, 1.54) is 6.42 Å². The number of hydrogen-bond donors (Lipinski definition) is 2. The number of carboxylic acids is 1. The number of aliphatic carboxylic acids is 1. The molecule has 2 saturated carbocycles. The molecule has 2 heterocycles. The number of nitrogens with one attached hydrogen (secondary N) is 1. The molecule has 4 atom stereocenters. The molecule has 4 aliphatic rings. The minimum Gasteiger partial charge on any atom is -0.481 e. The van der Waals surface area contributed by atoms with Crippen LogP contribution in [0.1, 0.15) is 72.1 Å². The molecule has 0 aromatic carbocycles. The first kappa shape index (κ1) is 23.3. The van der Waals surface area contributed by atoms with Crippen LogP contribution in [0, 0.1) is 17.8 Å². The summed E-state index contributed by atoms with van der Waals surface area (Å²) in [6.45, 7) is 7.25. The van der Waals surface area contributed by atoms with E-state index in [1.807, 2.05) is 25.7 Å². The number of hydrogen-bond acceptors (Lipinski definition) is 5. The highest BCUT2D eigenvalue weighted by Gasteiger charge is 2.54. The Balaban J connectivity index is 1.48. The summed E-state index contributed by atoms with van der Waals surface area (Å²) >= 11 is 0. The van der Waals surface area contributed by atoms with E-state index in [1.54, 1.807) is 0 Å². The third-order valence-corrected chi connectivity index (χ3v) is 7.61. The smallest absolute Gasteiger partial charge is 0.407 e. The molecule has 4 rings (SSSR count). The van der Waals surface area contributed by atoms with Gasteiger partial charge in [0.25, 0.3) is 0 Å². The van der Waals surface area contributed by atoms with Crippen LogP contribution in [-0.2, 0) is 14.3 Å². The van der Waals surface area contributed by atoms with Crippen molar-refractivity contribution in [3.05, 3.63) is 0 Å². The predicted octanol–water partition coefficient (Wildman–Crippen LogP) is 2.86. The van der Waals surface area contributed by atoms with Crippen molar-refractivity contribution >= 4 is 18.0 Å².